The van der Waals surface area contributed by atoms with Crippen LogP contribution in [-0.2, 0) is 9.53 Å². The Morgan fingerprint density at radius 2 is 2.00 bits per heavy atom. The molecule has 0 radical (unpaired) electrons. The number of carboxylic acids is 1. The SMILES string of the molecule is COC(=O)COc1c(OC)cc(Cl)cc1C(=O)O. The zero-order valence-corrected chi connectivity index (χ0v) is 10.5. The van der Waals surface area contributed by atoms with E-state index in [1.165, 1.54) is 26.4 Å². The summed E-state index contributed by atoms with van der Waals surface area (Å²) in [5.74, 6) is -1.82. The average Bonchev–Trinajstić information content (AvgIpc) is 2.35. The molecule has 7 heteroatoms. The fraction of sp³-hybridized carbons (Fsp3) is 0.273. The Bertz CT molecular complexity index is 471. The predicted octanol–water partition coefficient (Wildman–Crippen LogP) is 1.60. The number of rotatable bonds is 5. The number of benzene rings is 1. The van der Waals surface area contributed by atoms with Crippen molar-refractivity contribution in [3.8, 4) is 11.5 Å². The lowest BCUT2D eigenvalue weighted by molar-refractivity contribution is -0.142. The van der Waals surface area contributed by atoms with E-state index >= 15 is 0 Å². The zero-order valence-electron chi connectivity index (χ0n) is 9.73. The van der Waals surface area contributed by atoms with Gasteiger partial charge in [-0.25, -0.2) is 9.59 Å². The summed E-state index contributed by atoms with van der Waals surface area (Å²) < 4.78 is 14.4. The maximum atomic E-state index is 11.0. The standard InChI is InChI=1S/C11H11ClO6/c1-16-8-4-6(12)3-7(11(14)15)10(8)18-5-9(13)17-2/h3-4H,5H2,1-2H3,(H,14,15). The second-order valence-corrected chi connectivity index (χ2v) is 3.59. The summed E-state index contributed by atoms with van der Waals surface area (Å²) in [6.07, 6.45) is 0. The van der Waals surface area contributed by atoms with Crippen LogP contribution >= 0.6 is 11.6 Å². The largest absolute Gasteiger partial charge is 0.493 e. The van der Waals surface area contributed by atoms with Gasteiger partial charge in [0.25, 0.3) is 0 Å². The van der Waals surface area contributed by atoms with Gasteiger partial charge in [0, 0.05) is 11.1 Å². The Morgan fingerprint density at radius 1 is 1.33 bits per heavy atom. The summed E-state index contributed by atoms with van der Waals surface area (Å²) in [5.41, 5.74) is -0.191. The van der Waals surface area contributed by atoms with Crippen molar-refractivity contribution in [2.75, 3.05) is 20.8 Å². The van der Waals surface area contributed by atoms with E-state index in [0.29, 0.717) is 0 Å². The van der Waals surface area contributed by atoms with Crippen molar-refractivity contribution < 1.29 is 28.9 Å². The molecular formula is C11H11ClO6. The third-order valence-electron chi connectivity index (χ3n) is 2.03. The molecule has 18 heavy (non-hydrogen) atoms. The minimum atomic E-state index is -1.24. The van der Waals surface area contributed by atoms with Crippen molar-refractivity contribution >= 4 is 23.5 Å². The molecule has 0 aliphatic carbocycles. The van der Waals surface area contributed by atoms with Crippen molar-refractivity contribution in [2.45, 2.75) is 0 Å². The lowest BCUT2D eigenvalue weighted by Gasteiger charge is -2.12. The van der Waals surface area contributed by atoms with Gasteiger partial charge in [-0.1, -0.05) is 11.6 Å². The van der Waals surface area contributed by atoms with Crippen molar-refractivity contribution in [1.29, 1.82) is 0 Å². The van der Waals surface area contributed by atoms with Crippen LogP contribution in [0.2, 0.25) is 5.02 Å². The number of carboxylic acid groups (broad SMARTS) is 1. The molecule has 0 heterocycles. The number of hydrogen-bond donors (Lipinski definition) is 1. The first-order chi connectivity index (χ1) is 8.49. The van der Waals surface area contributed by atoms with Gasteiger partial charge < -0.3 is 19.3 Å². The second kappa shape index (κ2) is 6.11. The number of ether oxygens (including phenoxy) is 3. The number of aromatic carboxylic acids is 1. The molecule has 98 valence electrons. The second-order valence-electron chi connectivity index (χ2n) is 3.15. The normalized spacial score (nSPS) is 9.72. The first-order valence-corrected chi connectivity index (χ1v) is 5.17. The minimum Gasteiger partial charge on any atom is -0.493 e. The number of carbonyl (C=O) groups is 2. The Kier molecular flexibility index (Phi) is 4.79. The number of methoxy groups -OCH3 is 2. The Morgan fingerprint density at radius 3 is 2.50 bits per heavy atom. The van der Waals surface area contributed by atoms with Gasteiger partial charge >= 0.3 is 11.9 Å². The van der Waals surface area contributed by atoms with Gasteiger partial charge in [-0.2, -0.15) is 0 Å². The predicted molar refractivity (Wildman–Crippen MR) is 62.5 cm³/mol. The highest BCUT2D eigenvalue weighted by Crippen LogP contribution is 2.34. The fourth-order valence-corrected chi connectivity index (χ4v) is 1.43. The molecule has 6 nitrogen and oxygen atoms in total. The van der Waals surface area contributed by atoms with Crippen molar-refractivity contribution in [3.63, 3.8) is 0 Å². The Balaban J connectivity index is 3.13. The molecule has 1 N–H and O–H groups in total. The van der Waals surface area contributed by atoms with E-state index in [4.69, 9.17) is 26.2 Å². The Hall–Kier alpha value is -1.95. The number of carbonyl (C=O) groups excluding carboxylic acids is 1. The van der Waals surface area contributed by atoms with Gasteiger partial charge in [-0.05, 0) is 6.07 Å². The van der Waals surface area contributed by atoms with Crippen LogP contribution in [0.1, 0.15) is 10.4 Å². The Labute approximate surface area is 108 Å². The summed E-state index contributed by atoms with van der Waals surface area (Å²) in [7, 11) is 2.53. The summed E-state index contributed by atoms with van der Waals surface area (Å²) in [5, 5.41) is 9.21. The maximum Gasteiger partial charge on any atom is 0.343 e. The molecule has 0 aromatic heterocycles. The molecule has 1 aromatic rings. The number of hydrogen-bond acceptors (Lipinski definition) is 5. The molecule has 0 spiro atoms. The van der Waals surface area contributed by atoms with Crippen LogP contribution in [0.4, 0.5) is 0 Å². The molecule has 0 aliphatic rings. The van der Waals surface area contributed by atoms with E-state index in [9.17, 15) is 9.59 Å². The van der Waals surface area contributed by atoms with Crippen LogP contribution in [0.15, 0.2) is 12.1 Å². The molecule has 1 rings (SSSR count). The van der Waals surface area contributed by atoms with E-state index in [1.54, 1.807) is 0 Å². The topological polar surface area (TPSA) is 82.1 Å². The molecule has 1 aromatic carbocycles. The van der Waals surface area contributed by atoms with E-state index in [0.717, 1.165) is 0 Å². The first-order valence-electron chi connectivity index (χ1n) is 4.80. The van der Waals surface area contributed by atoms with Gasteiger partial charge in [0.05, 0.1) is 14.2 Å². The third-order valence-corrected chi connectivity index (χ3v) is 2.25. The molecule has 0 bridgehead atoms. The fourth-order valence-electron chi connectivity index (χ4n) is 1.22. The number of halogens is 1. The molecule has 0 aliphatic heterocycles. The minimum absolute atomic E-state index is 0.0696. The van der Waals surface area contributed by atoms with Gasteiger partial charge in [-0.15, -0.1) is 0 Å². The van der Waals surface area contributed by atoms with Crippen molar-refractivity contribution in [3.05, 3.63) is 22.7 Å². The van der Waals surface area contributed by atoms with Crippen LogP contribution in [-0.4, -0.2) is 37.9 Å². The monoisotopic (exact) mass is 274 g/mol. The quantitative estimate of drug-likeness (QED) is 0.821. The molecule has 0 saturated carbocycles. The van der Waals surface area contributed by atoms with Gasteiger partial charge in [0.15, 0.2) is 18.1 Å². The summed E-state index contributed by atoms with van der Waals surface area (Å²) >= 11 is 5.74. The highest BCUT2D eigenvalue weighted by Gasteiger charge is 2.19. The molecule has 0 amide bonds. The van der Waals surface area contributed by atoms with Crippen LogP contribution in [0, 0.1) is 0 Å². The molecular weight excluding hydrogens is 264 g/mol. The molecule has 0 atom stereocenters. The van der Waals surface area contributed by atoms with Crippen LogP contribution in [0.25, 0.3) is 0 Å². The number of esters is 1. The smallest absolute Gasteiger partial charge is 0.343 e. The zero-order chi connectivity index (χ0) is 13.7. The maximum absolute atomic E-state index is 11.0. The van der Waals surface area contributed by atoms with E-state index in [1.807, 2.05) is 0 Å². The lowest BCUT2D eigenvalue weighted by atomic mass is 10.2. The van der Waals surface area contributed by atoms with Crippen molar-refractivity contribution in [2.24, 2.45) is 0 Å². The summed E-state index contributed by atoms with van der Waals surface area (Å²) in [6.45, 7) is -0.422. The van der Waals surface area contributed by atoms with Gasteiger partial charge in [0.1, 0.15) is 5.56 Å². The van der Waals surface area contributed by atoms with Crippen molar-refractivity contribution in [1.82, 2.24) is 0 Å². The average molecular weight is 275 g/mol. The molecule has 0 fully saturated rings. The van der Waals surface area contributed by atoms with Crippen LogP contribution in [0.5, 0.6) is 11.5 Å². The van der Waals surface area contributed by atoms with E-state index < -0.39 is 18.5 Å². The lowest BCUT2D eigenvalue weighted by Crippen LogP contribution is -2.15. The summed E-state index contributed by atoms with van der Waals surface area (Å²) in [4.78, 5) is 22.0. The molecule has 0 unspecified atom stereocenters. The van der Waals surface area contributed by atoms with Gasteiger partial charge in [-0.3, -0.25) is 0 Å². The van der Waals surface area contributed by atoms with Crippen LogP contribution < -0.4 is 9.47 Å². The molecule has 0 saturated heterocycles. The summed E-state index contributed by atoms with van der Waals surface area (Å²) in [6, 6.07) is 2.60. The third kappa shape index (κ3) is 3.27. The van der Waals surface area contributed by atoms with E-state index in [2.05, 4.69) is 4.74 Å². The van der Waals surface area contributed by atoms with Gasteiger partial charge in [0.2, 0.25) is 0 Å². The van der Waals surface area contributed by atoms with Crippen LogP contribution in [0.3, 0.4) is 0 Å². The van der Waals surface area contributed by atoms with E-state index in [-0.39, 0.29) is 22.1 Å². The highest BCUT2D eigenvalue weighted by molar-refractivity contribution is 6.31. The highest BCUT2D eigenvalue weighted by atomic mass is 35.5. The first kappa shape index (κ1) is 14.1.